The topological polar surface area (TPSA) is 148 Å². The number of furan rings is 1. The molecule has 11 nitrogen and oxygen atoms in total. The van der Waals surface area contributed by atoms with E-state index in [2.05, 4.69) is 101 Å². The Balaban J connectivity index is 1.50. The van der Waals surface area contributed by atoms with E-state index in [1.165, 1.54) is 0 Å². The van der Waals surface area contributed by atoms with Crippen LogP contribution in [0.5, 0.6) is 0 Å². The molecular formula is C38H22N10OS. The fourth-order valence-corrected chi connectivity index (χ4v) is 7.87. The summed E-state index contributed by atoms with van der Waals surface area (Å²) >= 11 is 1.70. The fraction of sp³-hybridized carbons (Fsp3) is 0. The number of H-pyrrole nitrogens is 2. The lowest BCUT2D eigenvalue weighted by Crippen LogP contribution is -2.04. The first-order chi connectivity index (χ1) is 24.8. The van der Waals surface area contributed by atoms with Gasteiger partial charge in [-0.15, -0.1) is 26.6 Å². The maximum absolute atomic E-state index is 6.77. The number of nitrogens with one attached hydrogen (secondary N) is 2. The SMILES string of the molecule is c1ccc2[nH]c(-c3c(-c4nnn[nH]4)c(-c4ccnnn4)c(-c4cnccn4)c(-c4cc5ccccc5o4)c3-c3cc4ccccc4s3)cc2c1. The van der Waals surface area contributed by atoms with E-state index >= 15 is 0 Å². The summed E-state index contributed by atoms with van der Waals surface area (Å²) in [5.41, 5.74) is 8.46. The van der Waals surface area contributed by atoms with E-state index in [4.69, 9.17) is 9.40 Å². The van der Waals surface area contributed by atoms with E-state index in [1.807, 2.05) is 42.5 Å². The van der Waals surface area contributed by atoms with Gasteiger partial charge in [0.2, 0.25) is 0 Å². The summed E-state index contributed by atoms with van der Waals surface area (Å²) in [6, 6.07) is 32.9. The van der Waals surface area contributed by atoms with Crippen LogP contribution in [0.2, 0.25) is 0 Å². The molecule has 0 saturated heterocycles. The quantitative estimate of drug-likeness (QED) is 0.178. The summed E-state index contributed by atoms with van der Waals surface area (Å²) < 4.78 is 7.92. The summed E-state index contributed by atoms with van der Waals surface area (Å²) in [6.07, 6.45) is 6.71. The molecule has 0 bridgehead atoms. The standard InChI is InChI=1S/C38H22N10OS/c1-4-10-24-21(7-1)17-26(42-24)33-36(31-19-23-9-3-6-12-30(23)50-31)35(29-18-22-8-2-5-11-28(22)49-29)34(27-20-39-15-16-40-27)32(25-13-14-41-46-43-25)37(33)38-44-47-48-45-38/h1-20,42H,(H,44,45,47,48). The van der Waals surface area contributed by atoms with Gasteiger partial charge in [-0.1, -0.05) is 54.6 Å². The molecule has 0 aliphatic heterocycles. The number of hydrogen-bond acceptors (Lipinski definition) is 10. The van der Waals surface area contributed by atoms with Gasteiger partial charge in [-0.25, -0.2) is 5.10 Å². The number of rotatable bonds is 6. The molecule has 12 heteroatoms. The van der Waals surface area contributed by atoms with Crippen molar-refractivity contribution in [3.05, 3.63) is 122 Å². The molecule has 6 heterocycles. The van der Waals surface area contributed by atoms with Crippen molar-refractivity contribution in [2.24, 2.45) is 0 Å². The van der Waals surface area contributed by atoms with Gasteiger partial charge in [-0.3, -0.25) is 9.97 Å². The molecular weight excluding hydrogens is 645 g/mol. The van der Waals surface area contributed by atoms with Crippen LogP contribution < -0.4 is 0 Å². The molecule has 2 N–H and O–H groups in total. The molecule has 236 valence electrons. The van der Waals surface area contributed by atoms with Crippen LogP contribution in [0.1, 0.15) is 0 Å². The van der Waals surface area contributed by atoms with Crippen molar-refractivity contribution in [2.45, 2.75) is 0 Å². The first-order valence-electron chi connectivity index (χ1n) is 15.8. The second-order valence-electron chi connectivity index (χ2n) is 11.7. The van der Waals surface area contributed by atoms with E-state index in [1.54, 1.807) is 36.1 Å². The minimum atomic E-state index is 0.441. The van der Waals surface area contributed by atoms with Crippen molar-refractivity contribution in [3.63, 3.8) is 0 Å². The van der Waals surface area contributed by atoms with Crippen LogP contribution in [0.4, 0.5) is 0 Å². The number of benzene rings is 4. The first kappa shape index (κ1) is 28.1. The lowest BCUT2D eigenvalue weighted by molar-refractivity contribution is 0.632. The second-order valence-corrected chi connectivity index (χ2v) is 12.7. The highest BCUT2D eigenvalue weighted by atomic mass is 32.1. The number of tetrazole rings is 1. The smallest absolute Gasteiger partial charge is 0.180 e. The number of aromatic nitrogens is 10. The third-order valence-corrected chi connectivity index (χ3v) is 9.94. The van der Waals surface area contributed by atoms with Crippen LogP contribution in [0.15, 0.2) is 126 Å². The Kier molecular flexibility index (Phi) is 6.39. The van der Waals surface area contributed by atoms with Crippen molar-refractivity contribution < 1.29 is 4.42 Å². The number of aromatic amines is 2. The number of para-hydroxylation sites is 2. The van der Waals surface area contributed by atoms with Crippen molar-refractivity contribution in [1.82, 2.24) is 51.0 Å². The normalized spacial score (nSPS) is 11.6. The van der Waals surface area contributed by atoms with Gasteiger partial charge in [-0.05, 0) is 63.5 Å². The van der Waals surface area contributed by atoms with Crippen molar-refractivity contribution >= 4 is 43.3 Å². The third-order valence-electron chi connectivity index (χ3n) is 8.80. The van der Waals surface area contributed by atoms with Crippen molar-refractivity contribution in [3.8, 4) is 66.9 Å². The number of nitrogens with zero attached hydrogens (tertiary/aromatic N) is 8. The zero-order chi connectivity index (χ0) is 33.0. The van der Waals surface area contributed by atoms with E-state index in [0.29, 0.717) is 34.1 Å². The Morgan fingerprint density at radius 3 is 2.24 bits per heavy atom. The molecule has 0 amide bonds. The van der Waals surface area contributed by atoms with Gasteiger partial charge < -0.3 is 9.40 Å². The van der Waals surface area contributed by atoms with E-state index in [0.717, 1.165) is 64.8 Å². The summed E-state index contributed by atoms with van der Waals surface area (Å²) in [5, 5.41) is 31.5. The van der Waals surface area contributed by atoms with Gasteiger partial charge in [-0.2, -0.15) is 0 Å². The Morgan fingerprint density at radius 2 is 1.46 bits per heavy atom. The zero-order valence-electron chi connectivity index (χ0n) is 25.9. The molecule has 6 aromatic heterocycles. The van der Waals surface area contributed by atoms with Gasteiger partial charge >= 0.3 is 0 Å². The molecule has 0 spiro atoms. The maximum Gasteiger partial charge on any atom is 0.180 e. The Bertz CT molecular complexity index is 2730. The third kappa shape index (κ3) is 4.50. The fourth-order valence-electron chi connectivity index (χ4n) is 6.75. The number of fused-ring (bicyclic) bond motifs is 3. The number of thiophene rings is 1. The highest BCUT2D eigenvalue weighted by molar-refractivity contribution is 7.22. The average molecular weight is 667 g/mol. The summed E-state index contributed by atoms with van der Waals surface area (Å²) in [7, 11) is 0. The van der Waals surface area contributed by atoms with Crippen LogP contribution in [-0.2, 0) is 0 Å². The molecule has 0 aliphatic rings. The molecule has 0 saturated carbocycles. The molecule has 50 heavy (non-hydrogen) atoms. The predicted octanol–water partition coefficient (Wildman–Crippen LogP) is 8.62. The average Bonchev–Trinajstić information content (AvgIpc) is 4.00. The highest BCUT2D eigenvalue weighted by Crippen LogP contribution is 2.56. The minimum Gasteiger partial charge on any atom is -0.456 e. The van der Waals surface area contributed by atoms with Gasteiger partial charge in [0.05, 0.1) is 23.8 Å². The monoisotopic (exact) mass is 666 g/mol. The maximum atomic E-state index is 6.77. The second kappa shape index (κ2) is 11.4. The molecule has 0 radical (unpaired) electrons. The van der Waals surface area contributed by atoms with Crippen LogP contribution in [0.3, 0.4) is 0 Å². The van der Waals surface area contributed by atoms with E-state index in [-0.39, 0.29) is 0 Å². The van der Waals surface area contributed by atoms with Crippen molar-refractivity contribution in [1.29, 1.82) is 0 Å². The van der Waals surface area contributed by atoms with E-state index < -0.39 is 0 Å². The zero-order valence-corrected chi connectivity index (χ0v) is 26.8. The summed E-state index contributed by atoms with van der Waals surface area (Å²) in [6.45, 7) is 0. The first-order valence-corrected chi connectivity index (χ1v) is 16.6. The van der Waals surface area contributed by atoms with Gasteiger partial charge in [0, 0.05) is 77.3 Å². The molecule has 4 aromatic carbocycles. The molecule has 0 unspecified atom stereocenters. The Morgan fingerprint density at radius 1 is 0.620 bits per heavy atom. The predicted molar refractivity (Wildman–Crippen MR) is 193 cm³/mol. The van der Waals surface area contributed by atoms with Gasteiger partial charge in [0.1, 0.15) is 11.3 Å². The molecule has 10 rings (SSSR count). The molecule has 10 aromatic rings. The minimum absolute atomic E-state index is 0.441. The van der Waals surface area contributed by atoms with Crippen LogP contribution >= 0.6 is 11.3 Å². The van der Waals surface area contributed by atoms with Gasteiger partial charge in [0.15, 0.2) is 5.82 Å². The molecule has 0 atom stereocenters. The Labute approximate surface area is 286 Å². The molecule has 0 fully saturated rings. The highest BCUT2D eigenvalue weighted by Gasteiger charge is 2.34. The summed E-state index contributed by atoms with van der Waals surface area (Å²) in [4.78, 5) is 14.1. The summed E-state index contributed by atoms with van der Waals surface area (Å²) in [5.74, 6) is 1.10. The lowest BCUT2D eigenvalue weighted by Gasteiger charge is -2.24. The van der Waals surface area contributed by atoms with Crippen LogP contribution in [0, 0.1) is 0 Å². The van der Waals surface area contributed by atoms with Gasteiger partial charge in [0.25, 0.3) is 0 Å². The van der Waals surface area contributed by atoms with E-state index in [9.17, 15) is 0 Å². The Hall–Kier alpha value is -6.92. The molecule has 0 aliphatic carbocycles. The van der Waals surface area contributed by atoms with Crippen LogP contribution in [0.25, 0.3) is 98.9 Å². The lowest BCUT2D eigenvalue weighted by atomic mass is 9.81. The van der Waals surface area contributed by atoms with Crippen LogP contribution in [-0.4, -0.2) is 51.0 Å². The van der Waals surface area contributed by atoms with Crippen molar-refractivity contribution in [2.75, 3.05) is 0 Å². The number of hydrogen-bond donors (Lipinski definition) is 2. The largest absolute Gasteiger partial charge is 0.456 e.